The van der Waals surface area contributed by atoms with E-state index < -0.39 is 24.6 Å². The fourth-order valence-corrected chi connectivity index (χ4v) is 1.73. The fraction of sp³-hybridized carbons (Fsp3) is 0.154. The molecule has 0 aliphatic rings. The second-order valence-corrected chi connectivity index (χ2v) is 4.07. The van der Waals surface area contributed by atoms with Crippen molar-refractivity contribution in [3.63, 3.8) is 0 Å². The van der Waals surface area contributed by atoms with Crippen LogP contribution in [0.5, 0.6) is 0 Å². The number of nitrogens with one attached hydrogen (secondary N) is 2. The maximum absolute atomic E-state index is 11.7. The zero-order chi connectivity index (χ0) is 14.5. The third-order valence-corrected chi connectivity index (χ3v) is 2.71. The van der Waals surface area contributed by atoms with Gasteiger partial charge in [-0.1, -0.05) is 12.1 Å². The molecule has 7 heteroatoms. The topological polar surface area (TPSA) is 112 Å². The van der Waals surface area contributed by atoms with Crippen molar-refractivity contribution in [3.05, 3.63) is 36.7 Å². The second-order valence-electron chi connectivity index (χ2n) is 4.07. The van der Waals surface area contributed by atoms with Crippen LogP contribution in [0, 0.1) is 0 Å². The molecule has 104 valence electrons. The van der Waals surface area contributed by atoms with Gasteiger partial charge in [-0.15, -0.1) is 0 Å². The van der Waals surface area contributed by atoms with Crippen molar-refractivity contribution in [2.24, 2.45) is 0 Å². The van der Waals surface area contributed by atoms with Crippen LogP contribution in [0.4, 0.5) is 10.5 Å². The van der Waals surface area contributed by atoms with Crippen LogP contribution < -0.4 is 10.6 Å². The molecular weight excluding hydrogens is 262 g/mol. The molecule has 0 aliphatic heterocycles. The average Bonchev–Trinajstić information content (AvgIpc) is 2.45. The number of aromatic nitrogens is 1. The third-order valence-electron chi connectivity index (χ3n) is 2.71. The van der Waals surface area contributed by atoms with Crippen LogP contribution in [0.1, 0.15) is 0 Å². The standard InChI is InChI=1S/C13H13N3O4/c17-7-11(12(18)19)16-13(20)15-10-3-1-2-8-6-14-5-4-9(8)10/h1-6,11,17H,7H2,(H,18,19)(H2,15,16,20)/t11-/m1/s1. The average molecular weight is 275 g/mol. The molecule has 1 aromatic heterocycles. The van der Waals surface area contributed by atoms with Crippen molar-refractivity contribution < 1.29 is 19.8 Å². The lowest BCUT2D eigenvalue weighted by Gasteiger charge is -2.13. The van der Waals surface area contributed by atoms with E-state index in [1.807, 2.05) is 6.07 Å². The number of rotatable bonds is 4. The minimum atomic E-state index is -1.34. The molecule has 1 heterocycles. The Kier molecular flexibility index (Phi) is 4.11. The zero-order valence-corrected chi connectivity index (χ0v) is 10.4. The molecule has 0 aliphatic carbocycles. The summed E-state index contributed by atoms with van der Waals surface area (Å²) in [5.41, 5.74) is 0.532. The molecule has 2 amide bonds. The minimum absolute atomic E-state index is 0.532. The Balaban J connectivity index is 2.16. The van der Waals surface area contributed by atoms with Gasteiger partial charge in [0.2, 0.25) is 0 Å². The number of urea groups is 1. The van der Waals surface area contributed by atoms with Crippen LogP contribution in [0.15, 0.2) is 36.7 Å². The molecule has 0 bridgehead atoms. The van der Waals surface area contributed by atoms with E-state index >= 15 is 0 Å². The summed E-state index contributed by atoms with van der Waals surface area (Å²) in [5.74, 6) is -1.30. The molecule has 0 saturated carbocycles. The lowest BCUT2D eigenvalue weighted by atomic mass is 10.1. The van der Waals surface area contributed by atoms with Crippen LogP contribution in [0.25, 0.3) is 10.8 Å². The predicted molar refractivity (Wildman–Crippen MR) is 72.4 cm³/mol. The molecule has 0 unspecified atom stereocenters. The van der Waals surface area contributed by atoms with E-state index in [0.717, 1.165) is 10.8 Å². The van der Waals surface area contributed by atoms with Gasteiger partial charge in [-0.05, 0) is 12.1 Å². The summed E-state index contributed by atoms with van der Waals surface area (Å²) in [6.45, 7) is -0.678. The molecule has 0 saturated heterocycles. The Morgan fingerprint density at radius 1 is 1.30 bits per heavy atom. The first-order valence-electron chi connectivity index (χ1n) is 5.85. The summed E-state index contributed by atoms with van der Waals surface area (Å²) < 4.78 is 0. The molecule has 2 rings (SSSR count). The van der Waals surface area contributed by atoms with E-state index in [2.05, 4.69) is 15.6 Å². The second kappa shape index (κ2) is 5.98. The van der Waals surface area contributed by atoms with E-state index in [1.165, 1.54) is 0 Å². The number of aliphatic hydroxyl groups is 1. The number of hydrogen-bond donors (Lipinski definition) is 4. The SMILES string of the molecule is O=C(Nc1cccc2cnccc12)N[C@H](CO)C(=O)O. The molecule has 7 nitrogen and oxygen atoms in total. The predicted octanol–water partition coefficient (Wildman–Crippen LogP) is 0.802. The molecule has 4 N–H and O–H groups in total. The smallest absolute Gasteiger partial charge is 0.328 e. The van der Waals surface area contributed by atoms with Gasteiger partial charge in [0.15, 0.2) is 6.04 Å². The van der Waals surface area contributed by atoms with Crippen LogP contribution >= 0.6 is 0 Å². The fourth-order valence-electron chi connectivity index (χ4n) is 1.73. The van der Waals surface area contributed by atoms with Crippen LogP contribution in [0.3, 0.4) is 0 Å². The molecule has 1 aromatic carbocycles. The monoisotopic (exact) mass is 275 g/mol. The quantitative estimate of drug-likeness (QED) is 0.659. The van der Waals surface area contributed by atoms with Crippen molar-refractivity contribution >= 4 is 28.5 Å². The number of carboxylic acid groups (broad SMARTS) is 1. The van der Waals surface area contributed by atoms with Gasteiger partial charge >= 0.3 is 12.0 Å². The molecular formula is C13H13N3O4. The molecule has 0 spiro atoms. The number of carbonyl (C=O) groups is 2. The number of carboxylic acids is 1. The van der Waals surface area contributed by atoms with Crippen molar-refractivity contribution in [2.75, 3.05) is 11.9 Å². The summed E-state index contributed by atoms with van der Waals surface area (Å²) in [7, 11) is 0. The number of nitrogens with zero attached hydrogens (tertiary/aromatic N) is 1. The van der Waals surface area contributed by atoms with Crippen LogP contribution in [-0.4, -0.2) is 39.8 Å². The van der Waals surface area contributed by atoms with Crippen molar-refractivity contribution in [2.45, 2.75) is 6.04 Å². The van der Waals surface area contributed by atoms with Crippen LogP contribution in [0.2, 0.25) is 0 Å². The Hall–Kier alpha value is -2.67. The Morgan fingerprint density at radius 2 is 2.10 bits per heavy atom. The van der Waals surface area contributed by atoms with Gasteiger partial charge in [0.1, 0.15) is 0 Å². The van der Waals surface area contributed by atoms with E-state index in [-0.39, 0.29) is 0 Å². The van der Waals surface area contributed by atoms with E-state index in [0.29, 0.717) is 5.69 Å². The highest BCUT2D eigenvalue weighted by Gasteiger charge is 2.18. The summed E-state index contributed by atoms with van der Waals surface area (Å²) >= 11 is 0. The van der Waals surface area contributed by atoms with Crippen molar-refractivity contribution in [1.29, 1.82) is 0 Å². The summed E-state index contributed by atoms with van der Waals surface area (Å²) in [6, 6.07) is 4.99. The highest BCUT2D eigenvalue weighted by molar-refractivity contribution is 6.02. The molecule has 2 aromatic rings. The van der Waals surface area contributed by atoms with Gasteiger partial charge in [-0.25, -0.2) is 9.59 Å². The first-order valence-corrected chi connectivity index (χ1v) is 5.85. The maximum atomic E-state index is 11.7. The molecule has 0 fully saturated rings. The number of aliphatic carboxylic acids is 1. The van der Waals surface area contributed by atoms with Gasteiger partial charge in [0.05, 0.1) is 12.3 Å². The Labute approximate surface area is 114 Å². The largest absolute Gasteiger partial charge is 0.480 e. The molecule has 0 radical (unpaired) electrons. The highest BCUT2D eigenvalue weighted by atomic mass is 16.4. The van der Waals surface area contributed by atoms with Crippen LogP contribution in [-0.2, 0) is 4.79 Å². The number of fused-ring (bicyclic) bond motifs is 1. The number of benzene rings is 1. The Morgan fingerprint density at radius 3 is 2.80 bits per heavy atom. The van der Waals surface area contributed by atoms with E-state index in [9.17, 15) is 9.59 Å². The molecule has 20 heavy (non-hydrogen) atoms. The third kappa shape index (κ3) is 3.01. The maximum Gasteiger partial charge on any atom is 0.328 e. The first kappa shape index (κ1) is 13.8. The molecule has 1 atom stereocenters. The number of anilines is 1. The lowest BCUT2D eigenvalue weighted by Crippen LogP contribution is -2.45. The number of hydrogen-bond acceptors (Lipinski definition) is 4. The van der Waals surface area contributed by atoms with Gasteiger partial charge in [-0.2, -0.15) is 0 Å². The van der Waals surface area contributed by atoms with Gasteiger partial charge < -0.3 is 20.8 Å². The summed E-state index contributed by atoms with van der Waals surface area (Å²) in [6.07, 6.45) is 3.26. The summed E-state index contributed by atoms with van der Waals surface area (Å²) in [5, 5.41) is 24.0. The zero-order valence-electron chi connectivity index (χ0n) is 10.4. The van der Waals surface area contributed by atoms with Gasteiger partial charge in [0, 0.05) is 23.2 Å². The van der Waals surface area contributed by atoms with E-state index in [4.69, 9.17) is 10.2 Å². The number of aliphatic hydroxyl groups excluding tert-OH is 1. The van der Waals surface area contributed by atoms with Crippen molar-refractivity contribution in [3.8, 4) is 0 Å². The van der Waals surface area contributed by atoms with Gasteiger partial charge in [0.25, 0.3) is 0 Å². The number of amides is 2. The number of carbonyl (C=O) groups excluding carboxylic acids is 1. The first-order chi connectivity index (χ1) is 9.61. The number of pyridine rings is 1. The lowest BCUT2D eigenvalue weighted by molar-refractivity contribution is -0.140. The summed E-state index contributed by atoms with van der Waals surface area (Å²) in [4.78, 5) is 26.4. The van der Waals surface area contributed by atoms with Crippen molar-refractivity contribution in [1.82, 2.24) is 10.3 Å². The normalized spacial score (nSPS) is 11.8. The minimum Gasteiger partial charge on any atom is -0.480 e. The Bertz CT molecular complexity index is 639. The highest BCUT2D eigenvalue weighted by Crippen LogP contribution is 2.21. The van der Waals surface area contributed by atoms with E-state index in [1.54, 1.807) is 30.6 Å². The van der Waals surface area contributed by atoms with Gasteiger partial charge in [-0.3, -0.25) is 4.98 Å².